The van der Waals surface area contributed by atoms with E-state index in [0.717, 1.165) is 21.6 Å². The lowest BCUT2D eigenvalue weighted by molar-refractivity contribution is -0.123. The fourth-order valence-corrected chi connectivity index (χ4v) is 4.71. The molecule has 206 valence electrons. The highest BCUT2D eigenvalue weighted by Crippen LogP contribution is 2.30. The van der Waals surface area contributed by atoms with Gasteiger partial charge in [0.05, 0.1) is 11.4 Å². The Morgan fingerprint density at radius 3 is 2.30 bits per heavy atom. The van der Waals surface area contributed by atoms with Gasteiger partial charge in [0.1, 0.15) is 12.6 Å². The summed E-state index contributed by atoms with van der Waals surface area (Å²) in [4.78, 5) is 39.3. The van der Waals surface area contributed by atoms with Crippen LogP contribution in [-0.2, 0) is 22.6 Å². The monoisotopic (exact) mass is 556 g/mol. The van der Waals surface area contributed by atoms with Gasteiger partial charge < -0.3 is 26.4 Å². The average molecular weight is 557 g/mol. The van der Waals surface area contributed by atoms with Crippen LogP contribution in [0, 0.1) is 0 Å². The van der Waals surface area contributed by atoms with Crippen molar-refractivity contribution in [1.29, 1.82) is 0 Å². The molecule has 40 heavy (non-hydrogen) atoms. The molecule has 1 heterocycles. The van der Waals surface area contributed by atoms with Crippen LogP contribution in [0.3, 0.4) is 0 Å². The number of amides is 3. The van der Waals surface area contributed by atoms with Gasteiger partial charge in [-0.05, 0) is 66.2 Å². The highest BCUT2D eigenvalue weighted by Gasteiger charge is 2.23. The second kappa shape index (κ2) is 13.4. The number of hydrogen-bond acceptors (Lipinski definition) is 6. The summed E-state index contributed by atoms with van der Waals surface area (Å²) in [6.45, 7) is 3.79. The molecule has 3 amide bonds. The quantitative estimate of drug-likeness (QED) is 0.189. The van der Waals surface area contributed by atoms with Crippen molar-refractivity contribution in [1.82, 2.24) is 10.6 Å². The zero-order chi connectivity index (χ0) is 28.5. The normalized spacial score (nSPS) is 11.5. The summed E-state index contributed by atoms with van der Waals surface area (Å²) in [5.74, 6) is -0.632. The molecule has 4 rings (SSSR count). The van der Waals surface area contributed by atoms with E-state index in [9.17, 15) is 14.4 Å². The molecule has 9 heteroatoms. The van der Waals surface area contributed by atoms with Crippen LogP contribution in [0.15, 0.2) is 90.3 Å². The van der Waals surface area contributed by atoms with Crippen LogP contribution >= 0.6 is 11.3 Å². The number of nitrogen functional groups attached to an aromatic ring is 1. The molecule has 5 N–H and O–H groups in total. The molecule has 0 aliphatic rings. The van der Waals surface area contributed by atoms with Crippen molar-refractivity contribution < 1.29 is 19.1 Å². The SMILES string of the molecule is CC(C)NC(=O)[C@H](Cc1ccc(C(=O)Nc2cc(-c3cccs3)ccc2N)cc1)NC(=O)OCc1ccccc1. The van der Waals surface area contributed by atoms with Crippen LogP contribution in [0.5, 0.6) is 0 Å². The fourth-order valence-electron chi connectivity index (χ4n) is 3.98. The van der Waals surface area contributed by atoms with E-state index in [2.05, 4.69) is 16.0 Å². The molecule has 0 unspecified atom stereocenters. The first kappa shape index (κ1) is 28.4. The largest absolute Gasteiger partial charge is 0.445 e. The van der Waals surface area contributed by atoms with E-state index >= 15 is 0 Å². The maximum atomic E-state index is 13.0. The number of nitrogens with two attached hydrogens (primary N) is 1. The number of anilines is 2. The van der Waals surface area contributed by atoms with Crippen molar-refractivity contribution in [2.45, 2.75) is 39.0 Å². The first-order valence-corrected chi connectivity index (χ1v) is 13.8. The third kappa shape index (κ3) is 7.94. The minimum absolute atomic E-state index is 0.0930. The molecule has 0 radical (unpaired) electrons. The van der Waals surface area contributed by atoms with E-state index in [4.69, 9.17) is 10.5 Å². The van der Waals surface area contributed by atoms with Gasteiger partial charge in [0.15, 0.2) is 0 Å². The topological polar surface area (TPSA) is 123 Å². The van der Waals surface area contributed by atoms with Gasteiger partial charge in [-0.15, -0.1) is 11.3 Å². The number of thiophene rings is 1. The molecule has 8 nitrogen and oxygen atoms in total. The van der Waals surface area contributed by atoms with Crippen molar-refractivity contribution in [2.75, 3.05) is 11.1 Å². The van der Waals surface area contributed by atoms with Gasteiger partial charge >= 0.3 is 6.09 Å². The van der Waals surface area contributed by atoms with Gasteiger partial charge in [0, 0.05) is 22.9 Å². The van der Waals surface area contributed by atoms with E-state index < -0.39 is 12.1 Å². The van der Waals surface area contributed by atoms with Crippen molar-refractivity contribution in [2.24, 2.45) is 0 Å². The van der Waals surface area contributed by atoms with Crippen molar-refractivity contribution in [3.05, 3.63) is 107 Å². The summed E-state index contributed by atoms with van der Waals surface area (Å²) in [5.41, 5.74) is 10.1. The van der Waals surface area contributed by atoms with Gasteiger partial charge in [-0.3, -0.25) is 9.59 Å². The number of carbonyl (C=O) groups excluding carboxylic acids is 3. The predicted octanol–water partition coefficient (Wildman–Crippen LogP) is 5.61. The molecule has 1 aromatic heterocycles. The predicted molar refractivity (Wildman–Crippen MR) is 159 cm³/mol. The number of hydrogen-bond donors (Lipinski definition) is 4. The number of nitrogens with one attached hydrogen (secondary N) is 3. The Labute approximate surface area is 237 Å². The highest BCUT2D eigenvalue weighted by molar-refractivity contribution is 7.13. The molecule has 0 fully saturated rings. The second-order valence-corrected chi connectivity index (χ2v) is 10.5. The number of benzene rings is 3. The van der Waals surface area contributed by atoms with Crippen LogP contribution in [-0.4, -0.2) is 30.0 Å². The maximum Gasteiger partial charge on any atom is 0.408 e. The Balaban J connectivity index is 1.40. The first-order chi connectivity index (χ1) is 19.3. The molecular formula is C31H32N4O4S. The summed E-state index contributed by atoms with van der Waals surface area (Å²) >= 11 is 1.61. The van der Waals surface area contributed by atoms with Gasteiger partial charge in [-0.1, -0.05) is 54.6 Å². The molecule has 0 aliphatic heterocycles. The van der Waals surface area contributed by atoms with Gasteiger partial charge in [0.25, 0.3) is 5.91 Å². The van der Waals surface area contributed by atoms with Gasteiger partial charge in [-0.25, -0.2) is 4.79 Å². The van der Waals surface area contributed by atoms with Crippen molar-refractivity contribution >= 4 is 40.6 Å². The molecule has 0 saturated heterocycles. The van der Waals surface area contributed by atoms with Crippen LogP contribution in [0.4, 0.5) is 16.2 Å². The zero-order valence-corrected chi connectivity index (χ0v) is 23.2. The van der Waals surface area contributed by atoms with E-state index in [1.165, 1.54) is 0 Å². The van der Waals surface area contributed by atoms with E-state index in [1.807, 2.05) is 73.8 Å². The van der Waals surface area contributed by atoms with Crippen molar-refractivity contribution in [3.63, 3.8) is 0 Å². The Kier molecular flexibility index (Phi) is 9.53. The van der Waals surface area contributed by atoms with Gasteiger partial charge in [-0.2, -0.15) is 0 Å². The van der Waals surface area contributed by atoms with Crippen LogP contribution < -0.4 is 21.7 Å². The molecule has 3 aromatic carbocycles. The molecule has 1 atom stereocenters. The van der Waals surface area contributed by atoms with Gasteiger partial charge in [0.2, 0.25) is 5.91 Å². The van der Waals surface area contributed by atoms with Crippen LogP contribution in [0.2, 0.25) is 0 Å². The molecule has 0 aliphatic carbocycles. The lowest BCUT2D eigenvalue weighted by atomic mass is 10.0. The Morgan fingerprint density at radius 2 is 1.62 bits per heavy atom. The summed E-state index contributed by atoms with van der Waals surface area (Å²) in [5, 5.41) is 10.4. The van der Waals surface area contributed by atoms with Crippen LogP contribution in [0.25, 0.3) is 10.4 Å². The molecule has 0 saturated carbocycles. The first-order valence-electron chi connectivity index (χ1n) is 12.9. The summed E-state index contributed by atoms with van der Waals surface area (Å²) < 4.78 is 5.31. The standard InChI is InChI=1S/C31H32N4O4S/c1-20(2)33-30(37)27(35-31(38)39-19-22-7-4-3-5-8-22)17-21-10-12-23(13-11-21)29(36)34-26-18-24(14-15-25(26)32)28-9-6-16-40-28/h3-16,18,20,27H,17,19,32H2,1-2H3,(H,33,37)(H,34,36)(H,35,38)/t27-/m0/s1. The molecule has 4 aromatic rings. The minimum Gasteiger partial charge on any atom is -0.445 e. The Bertz CT molecular complexity index is 1440. The van der Waals surface area contributed by atoms with E-state index in [-0.39, 0.29) is 30.9 Å². The lowest BCUT2D eigenvalue weighted by Crippen LogP contribution is -2.49. The number of rotatable bonds is 10. The average Bonchev–Trinajstić information content (AvgIpc) is 3.48. The Hall–Kier alpha value is -4.63. The molecule has 0 spiro atoms. The maximum absolute atomic E-state index is 13.0. The third-order valence-electron chi connectivity index (χ3n) is 6.02. The van der Waals surface area contributed by atoms with E-state index in [1.54, 1.807) is 41.7 Å². The summed E-state index contributed by atoms with van der Waals surface area (Å²) in [7, 11) is 0. The summed E-state index contributed by atoms with van der Waals surface area (Å²) in [6, 6.07) is 24.7. The van der Waals surface area contributed by atoms with Crippen LogP contribution in [0.1, 0.15) is 35.3 Å². The molecular weight excluding hydrogens is 524 g/mol. The zero-order valence-electron chi connectivity index (χ0n) is 22.3. The smallest absolute Gasteiger partial charge is 0.408 e. The second-order valence-electron chi connectivity index (χ2n) is 9.56. The van der Waals surface area contributed by atoms with Crippen molar-refractivity contribution in [3.8, 4) is 10.4 Å². The lowest BCUT2D eigenvalue weighted by Gasteiger charge is -2.20. The number of alkyl carbamates (subject to hydrolysis) is 1. The highest BCUT2D eigenvalue weighted by atomic mass is 32.1. The summed E-state index contributed by atoms with van der Waals surface area (Å²) in [6.07, 6.45) is -0.470. The number of carbonyl (C=O) groups is 3. The number of ether oxygens (including phenoxy) is 1. The fraction of sp³-hybridized carbons (Fsp3) is 0.194. The minimum atomic E-state index is -0.856. The third-order valence-corrected chi connectivity index (χ3v) is 6.93. The molecule has 0 bridgehead atoms. The van der Waals surface area contributed by atoms with E-state index in [0.29, 0.717) is 16.9 Å². The Morgan fingerprint density at radius 1 is 0.875 bits per heavy atom.